The third-order valence-corrected chi connectivity index (χ3v) is 6.57. The van der Waals surface area contributed by atoms with Gasteiger partial charge in [0.2, 0.25) is 0 Å². The van der Waals surface area contributed by atoms with Crippen molar-refractivity contribution in [2.45, 2.75) is 38.4 Å². The molecule has 0 saturated carbocycles. The van der Waals surface area contributed by atoms with Crippen LogP contribution < -0.4 is 4.90 Å². The molecule has 6 nitrogen and oxygen atoms in total. The smallest absolute Gasteiger partial charge is 0.272 e. The lowest BCUT2D eigenvalue weighted by Crippen LogP contribution is -2.34. The van der Waals surface area contributed by atoms with Crippen LogP contribution in [0.25, 0.3) is 0 Å². The van der Waals surface area contributed by atoms with Gasteiger partial charge in [-0.1, -0.05) is 30.3 Å². The van der Waals surface area contributed by atoms with E-state index < -0.39 is 0 Å². The highest BCUT2D eigenvalue weighted by atomic mass is 16.2. The monoisotopic (exact) mass is 463 g/mol. The molecule has 1 aromatic carbocycles. The maximum absolute atomic E-state index is 13.5. The van der Waals surface area contributed by atoms with E-state index in [9.17, 15) is 4.79 Å². The van der Waals surface area contributed by atoms with Crippen molar-refractivity contribution in [3.05, 3.63) is 120 Å². The highest BCUT2D eigenvalue weighted by molar-refractivity contribution is 5.92. The van der Waals surface area contributed by atoms with Crippen LogP contribution in [-0.2, 0) is 19.5 Å². The number of carbonyl (C=O) groups is 1. The van der Waals surface area contributed by atoms with E-state index in [1.807, 2.05) is 74.0 Å². The highest BCUT2D eigenvalue weighted by Gasteiger charge is 2.29. The molecule has 1 amide bonds. The maximum atomic E-state index is 13.5. The van der Waals surface area contributed by atoms with Crippen LogP contribution in [0.15, 0.2) is 91.4 Å². The number of fused-ring (bicyclic) bond motifs is 1. The molecule has 0 saturated heterocycles. The van der Waals surface area contributed by atoms with Crippen LogP contribution in [0.3, 0.4) is 0 Å². The van der Waals surface area contributed by atoms with E-state index in [0.29, 0.717) is 18.8 Å². The summed E-state index contributed by atoms with van der Waals surface area (Å²) in [5, 5.41) is 0. The second-order valence-corrected chi connectivity index (χ2v) is 8.93. The van der Waals surface area contributed by atoms with Crippen LogP contribution in [0.1, 0.15) is 51.9 Å². The van der Waals surface area contributed by atoms with Gasteiger partial charge >= 0.3 is 0 Å². The van der Waals surface area contributed by atoms with Gasteiger partial charge in [0.25, 0.3) is 5.91 Å². The third kappa shape index (κ3) is 5.22. The Morgan fingerprint density at radius 2 is 1.71 bits per heavy atom. The Morgan fingerprint density at radius 3 is 2.54 bits per heavy atom. The van der Waals surface area contributed by atoms with E-state index in [1.165, 1.54) is 5.56 Å². The molecule has 176 valence electrons. The van der Waals surface area contributed by atoms with Crippen LogP contribution in [0.4, 0.5) is 5.69 Å². The highest BCUT2D eigenvalue weighted by Crippen LogP contribution is 2.32. The van der Waals surface area contributed by atoms with E-state index in [0.717, 1.165) is 41.9 Å². The van der Waals surface area contributed by atoms with E-state index in [4.69, 9.17) is 0 Å². The number of aromatic nitrogens is 3. The quantitative estimate of drug-likeness (QED) is 0.376. The zero-order valence-corrected chi connectivity index (χ0v) is 19.9. The molecule has 0 bridgehead atoms. The number of benzene rings is 1. The lowest BCUT2D eigenvalue weighted by Gasteiger charge is -2.32. The lowest BCUT2D eigenvalue weighted by atomic mass is 9.91. The first-order chi connectivity index (χ1) is 17.2. The van der Waals surface area contributed by atoms with Crippen molar-refractivity contribution >= 4 is 11.6 Å². The standard InChI is InChI=1S/C29H29N5O/c1-33(27-14-7-9-23-10-8-17-32-28(23)27)29(35)26-19-22(15-18-31-26)20-34(25-12-3-2-4-13-25)21-24-11-5-6-16-30-24/h2-6,8,10-13,15-19,27H,7,9,14,20-21H2,1H3. The second kappa shape index (κ2) is 10.5. The predicted molar refractivity (Wildman–Crippen MR) is 137 cm³/mol. The molecule has 1 atom stereocenters. The summed E-state index contributed by atoms with van der Waals surface area (Å²) in [5.41, 5.74) is 5.82. The topological polar surface area (TPSA) is 62.2 Å². The van der Waals surface area contributed by atoms with Crippen LogP contribution >= 0.6 is 0 Å². The Balaban J connectivity index is 1.37. The molecule has 1 unspecified atom stereocenters. The fourth-order valence-electron chi connectivity index (χ4n) is 4.76. The van der Waals surface area contributed by atoms with Gasteiger partial charge in [0.1, 0.15) is 5.69 Å². The maximum Gasteiger partial charge on any atom is 0.272 e. The van der Waals surface area contributed by atoms with E-state index in [2.05, 4.69) is 38.1 Å². The molecule has 6 heteroatoms. The van der Waals surface area contributed by atoms with Crippen molar-refractivity contribution < 1.29 is 4.79 Å². The largest absolute Gasteiger partial charge is 0.361 e. The molecular weight excluding hydrogens is 434 g/mol. The van der Waals surface area contributed by atoms with Crippen LogP contribution in [0.2, 0.25) is 0 Å². The van der Waals surface area contributed by atoms with Crippen LogP contribution in [0, 0.1) is 0 Å². The van der Waals surface area contributed by atoms with Gasteiger partial charge < -0.3 is 9.80 Å². The number of hydrogen-bond acceptors (Lipinski definition) is 5. The van der Waals surface area contributed by atoms with E-state index in [-0.39, 0.29) is 11.9 Å². The Labute approximate surface area is 206 Å². The number of aryl methyl sites for hydroxylation is 1. The number of pyridine rings is 3. The number of amides is 1. The van der Waals surface area contributed by atoms with Gasteiger partial charge in [-0.2, -0.15) is 0 Å². The summed E-state index contributed by atoms with van der Waals surface area (Å²) in [6.45, 7) is 1.31. The predicted octanol–water partition coefficient (Wildman–Crippen LogP) is 5.23. The Morgan fingerprint density at radius 1 is 0.886 bits per heavy atom. The molecule has 0 spiro atoms. The Hall–Kier alpha value is -4.06. The van der Waals surface area contributed by atoms with Crippen molar-refractivity contribution in [2.75, 3.05) is 11.9 Å². The molecule has 3 heterocycles. The van der Waals surface area contributed by atoms with Crippen molar-refractivity contribution in [2.24, 2.45) is 0 Å². The van der Waals surface area contributed by atoms with Crippen molar-refractivity contribution in [3.8, 4) is 0 Å². The Bertz CT molecular complexity index is 1280. The number of anilines is 1. The number of hydrogen-bond donors (Lipinski definition) is 0. The molecule has 0 radical (unpaired) electrons. The van der Waals surface area contributed by atoms with Crippen LogP contribution in [-0.4, -0.2) is 32.8 Å². The summed E-state index contributed by atoms with van der Waals surface area (Å²) in [6, 6.07) is 24.2. The normalized spacial score (nSPS) is 14.7. The SMILES string of the molecule is CN(C(=O)c1cc(CN(Cc2ccccn2)c2ccccc2)ccn1)C1CCCc2cccnc21. The summed E-state index contributed by atoms with van der Waals surface area (Å²) in [5.74, 6) is -0.0775. The lowest BCUT2D eigenvalue weighted by molar-refractivity contribution is 0.0705. The minimum Gasteiger partial charge on any atom is -0.361 e. The van der Waals surface area contributed by atoms with Gasteiger partial charge in [-0.3, -0.25) is 19.7 Å². The van der Waals surface area contributed by atoms with Gasteiger partial charge in [-0.05, 0) is 72.9 Å². The first-order valence-electron chi connectivity index (χ1n) is 12.0. The number of carbonyl (C=O) groups excluding carboxylic acids is 1. The van der Waals surface area contributed by atoms with Gasteiger partial charge in [-0.15, -0.1) is 0 Å². The molecule has 1 aliphatic rings. The first-order valence-corrected chi connectivity index (χ1v) is 12.0. The molecular formula is C29H29N5O. The van der Waals surface area contributed by atoms with Gasteiger partial charge in [-0.25, -0.2) is 0 Å². The molecule has 0 N–H and O–H groups in total. The average Bonchev–Trinajstić information content (AvgIpc) is 2.93. The average molecular weight is 464 g/mol. The van der Waals surface area contributed by atoms with E-state index in [1.54, 1.807) is 11.1 Å². The molecule has 0 fully saturated rings. The van der Waals surface area contributed by atoms with Crippen LogP contribution in [0.5, 0.6) is 0 Å². The number of nitrogens with zero attached hydrogens (tertiary/aromatic N) is 5. The van der Waals surface area contributed by atoms with Gasteiger partial charge in [0, 0.05) is 37.9 Å². The summed E-state index contributed by atoms with van der Waals surface area (Å²) in [7, 11) is 1.86. The summed E-state index contributed by atoms with van der Waals surface area (Å²) >= 11 is 0. The zero-order chi connectivity index (χ0) is 24.0. The molecule has 0 aliphatic heterocycles. The minimum atomic E-state index is -0.0775. The van der Waals surface area contributed by atoms with Gasteiger partial charge in [0.05, 0.1) is 24.0 Å². The van der Waals surface area contributed by atoms with Crippen molar-refractivity contribution in [1.82, 2.24) is 19.9 Å². The van der Waals surface area contributed by atoms with Crippen molar-refractivity contribution in [3.63, 3.8) is 0 Å². The fourth-order valence-corrected chi connectivity index (χ4v) is 4.76. The molecule has 4 aromatic rings. The molecule has 35 heavy (non-hydrogen) atoms. The second-order valence-electron chi connectivity index (χ2n) is 8.93. The first kappa shape index (κ1) is 22.7. The number of para-hydroxylation sites is 1. The Kier molecular flexibility index (Phi) is 6.80. The molecule has 3 aromatic heterocycles. The fraction of sp³-hybridized carbons (Fsp3) is 0.241. The third-order valence-electron chi connectivity index (χ3n) is 6.57. The number of rotatable bonds is 7. The minimum absolute atomic E-state index is 0.0251. The molecule has 5 rings (SSSR count). The van der Waals surface area contributed by atoms with E-state index >= 15 is 0 Å². The van der Waals surface area contributed by atoms with Crippen molar-refractivity contribution in [1.29, 1.82) is 0 Å². The zero-order valence-electron chi connectivity index (χ0n) is 19.9. The molecule has 1 aliphatic carbocycles. The summed E-state index contributed by atoms with van der Waals surface area (Å²) in [6.07, 6.45) is 8.34. The summed E-state index contributed by atoms with van der Waals surface area (Å²) < 4.78 is 0. The summed E-state index contributed by atoms with van der Waals surface area (Å²) in [4.78, 5) is 31.1. The van der Waals surface area contributed by atoms with Gasteiger partial charge in [0.15, 0.2) is 0 Å².